The number of anilines is 1. The molecule has 140 valence electrons. The zero-order valence-corrected chi connectivity index (χ0v) is 15.9. The number of carbonyl (C=O) groups excluding carboxylic acids is 1. The van der Waals surface area contributed by atoms with E-state index in [0.29, 0.717) is 5.17 Å². The summed E-state index contributed by atoms with van der Waals surface area (Å²) >= 11 is 1.24. The van der Waals surface area contributed by atoms with Crippen molar-refractivity contribution in [3.8, 4) is 0 Å². The van der Waals surface area contributed by atoms with Gasteiger partial charge in [0.25, 0.3) is 5.91 Å². The fourth-order valence-electron chi connectivity index (χ4n) is 3.41. The highest BCUT2D eigenvalue weighted by atomic mass is 32.2. The molecular formula is C19H17FN2O3S2. The van der Waals surface area contributed by atoms with Crippen LogP contribution in [0, 0.1) is 5.82 Å². The van der Waals surface area contributed by atoms with Crippen LogP contribution in [0.4, 0.5) is 10.1 Å². The Labute approximate surface area is 161 Å². The second kappa shape index (κ2) is 7.09. The number of amides is 1. The van der Waals surface area contributed by atoms with Crippen molar-refractivity contribution >= 4 is 38.4 Å². The third kappa shape index (κ3) is 3.77. The van der Waals surface area contributed by atoms with E-state index in [1.54, 1.807) is 23.1 Å². The molecule has 0 aromatic heterocycles. The van der Waals surface area contributed by atoms with E-state index in [0.717, 1.165) is 5.56 Å². The van der Waals surface area contributed by atoms with Gasteiger partial charge in [-0.2, -0.15) is 4.99 Å². The number of fused-ring (bicyclic) bond motifs is 1. The maximum atomic E-state index is 14.4. The number of thioether (sulfide) groups is 1. The van der Waals surface area contributed by atoms with E-state index in [-0.39, 0.29) is 34.8 Å². The van der Waals surface area contributed by atoms with Gasteiger partial charge in [-0.15, -0.1) is 0 Å². The lowest BCUT2D eigenvalue weighted by Gasteiger charge is -2.24. The molecule has 0 N–H and O–H groups in total. The Morgan fingerprint density at radius 1 is 1.11 bits per heavy atom. The van der Waals surface area contributed by atoms with Gasteiger partial charge >= 0.3 is 0 Å². The summed E-state index contributed by atoms with van der Waals surface area (Å²) in [5.74, 6) is -0.858. The van der Waals surface area contributed by atoms with Crippen molar-refractivity contribution in [3.63, 3.8) is 0 Å². The average molecular weight is 404 g/mol. The number of hydrogen-bond acceptors (Lipinski definition) is 4. The van der Waals surface area contributed by atoms with E-state index in [1.165, 1.54) is 17.8 Å². The molecule has 2 aromatic rings. The summed E-state index contributed by atoms with van der Waals surface area (Å²) in [5.41, 5.74) is 1.09. The molecule has 0 aliphatic carbocycles. The average Bonchev–Trinajstić information content (AvgIpc) is 3.07. The van der Waals surface area contributed by atoms with Gasteiger partial charge in [0.1, 0.15) is 5.82 Å². The largest absolute Gasteiger partial charge is 0.313 e. The second-order valence-electron chi connectivity index (χ2n) is 6.57. The number of aliphatic imine (C=N–C) groups is 1. The lowest BCUT2D eigenvalue weighted by Crippen LogP contribution is -2.38. The first kappa shape index (κ1) is 18.2. The minimum atomic E-state index is -3.18. The van der Waals surface area contributed by atoms with E-state index in [2.05, 4.69) is 4.99 Å². The zero-order valence-electron chi connectivity index (χ0n) is 14.3. The van der Waals surface area contributed by atoms with Gasteiger partial charge in [-0.3, -0.25) is 4.79 Å². The molecule has 5 nitrogen and oxygen atoms in total. The molecule has 2 heterocycles. The Balaban J connectivity index is 1.67. The van der Waals surface area contributed by atoms with Crippen molar-refractivity contribution in [2.24, 2.45) is 4.99 Å². The van der Waals surface area contributed by atoms with Crippen LogP contribution in [0.5, 0.6) is 0 Å². The predicted octanol–water partition coefficient (Wildman–Crippen LogP) is 2.67. The smallest absolute Gasteiger partial charge is 0.252 e. The molecule has 2 saturated heterocycles. The van der Waals surface area contributed by atoms with Gasteiger partial charge in [-0.1, -0.05) is 54.2 Å². The van der Waals surface area contributed by atoms with Gasteiger partial charge in [0.2, 0.25) is 0 Å². The Morgan fingerprint density at radius 3 is 2.56 bits per heavy atom. The van der Waals surface area contributed by atoms with Crippen molar-refractivity contribution in [1.29, 1.82) is 0 Å². The van der Waals surface area contributed by atoms with Gasteiger partial charge in [-0.05, 0) is 17.7 Å². The van der Waals surface area contributed by atoms with Gasteiger partial charge in [-0.25, -0.2) is 12.8 Å². The van der Waals surface area contributed by atoms with Crippen molar-refractivity contribution in [2.75, 3.05) is 16.4 Å². The summed E-state index contributed by atoms with van der Waals surface area (Å²) in [7, 11) is -3.18. The fourth-order valence-corrected chi connectivity index (χ4v) is 7.33. The van der Waals surface area contributed by atoms with Crippen molar-refractivity contribution in [2.45, 2.75) is 17.7 Å². The molecule has 4 rings (SSSR count). The number of para-hydroxylation sites is 1. The van der Waals surface area contributed by atoms with Crippen LogP contribution in [0.25, 0.3) is 0 Å². The number of carbonyl (C=O) groups is 1. The maximum Gasteiger partial charge on any atom is 0.252 e. The topological polar surface area (TPSA) is 66.8 Å². The molecule has 0 saturated carbocycles. The summed E-state index contributed by atoms with van der Waals surface area (Å²) in [6, 6.07) is 15.0. The molecule has 0 spiro atoms. The molecule has 2 fully saturated rings. The SMILES string of the molecule is O=C(Cc1ccccc1)N=C1S[C@@H]2CS(=O)(=O)C[C@@H]2N1c1ccccc1F. The molecule has 2 atom stereocenters. The zero-order chi connectivity index (χ0) is 19.0. The predicted molar refractivity (Wildman–Crippen MR) is 105 cm³/mol. The van der Waals surface area contributed by atoms with Crippen LogP contribution in [-0.2, 0) is 21.1 Å². The molecule has 8 heteroatoms. The van der Waals surface area contributed by atoms with E-state index >= 15 is 0 Å². The number of benzene rings is 2. The van der Waals surface area contributed by atoms with E-state index in [1.807, 2.05) is 30.3 Å². The lowest BCUT2D eigenvalue weighted by molar-refractivity contribution is -0.117. The summed E-state index contributed by atoms with van der Waals surface area (Å²) in [4.78, 5) is 18.2. The van der Waals surface area contributed by atoms with Gasteiger partial charge in [0.15, 0.2) is 15.0 Å². The van der Waals surface area contributed by atoms with Crippen LogP contribution < -0.4 is 4.90 Å². The number of nitrogens with zero attached hydrogens (tertiary/aromatic N) is 2. The molecule has 2 aromatic carbocycles. The molecule has 0 bridgehead atoms. The molecule has 1 amide bonds. The van der Waals surface area contributed by atoms with Crippen molar-refractivity contribution < 1.29 is 17.6 Å². The number of halogens is 1. The van der Waals surface area contributed by atoms with Crippen LogP contribution in [0.3, 0.4) is 0 Å². The summed E-state index contributed by atoms with van der Waals surface area (Å²) in [6.45, 7) is 0. The fraction of sp³-hybridized carbons (Fsp3) is 0.263. The molecule has 0 radical (unpaired) electrons. The van der Waals surface area contributed by atoms with E-state index in [4.69, 9.17) is 0 Å². The van der Waals surface area contributed by atoms with Crippen molar-refractivity contribution in [1.82, 2.24) is 0 Å². The third-order valence-corrected chi connectivity index (χ3v) is 7.81. The van der Waals surface area contributed by atoms with Crippen LogP contribution >= 0.6 is 11.8 Å². The second-order valence-corrected chi connectivity index (χ2v) is 9.93. The normalized spacial score (nSPS) is 24.9. The molecular weight excluding hydrogens is 387 g/mol. The first-order valence-corrected chi connectivity index (χ1v) is 11.2. The molecule has 27 heavy (non-hydrogen) atoms. The number of sulfone groups is 1. The quantitative estimate of drug-likeness (QED) is 0.787. The van der Waals surface area contributed by atoms with Gasteiger partial charge in [0.05, 0.1) is 29.7 Å². The summed E-state index contributed by atoms with van der Waals surface area (Å²) in [6.07, 6.45) is 0.143. The Kier molecular flexibility index (Phi) is 4.77. The highest BCUT2D eigenvalue weighted by molar-refractivity contribution is 8.16. The minimum absolute atomic E-state index is 0.0131. The van der Waals surface area contributed by atoms with Crippen LogP contribution in [0.1, 0.15) is 5.56 Å². The Hall–Kier alpha value is -2.19. The Bertz CT molecular complexity index is 1010. The standard InChI is InChI=1S/C19H17FN2O3S2/c20-14-8-4-5-9-15(14)22-16-11-27(24,25)12-17(16)26-19(22)21-18(23)10-13-6-2-1-3-7-13/h1-9,16-17H,10-12H2/t16-,17+/m0/s1. The van der Waals surface area contributed by atoms with Gasteiger partial charge < -0.3 is 4.90 Å². The van der Waals surface area contributed by atoms with E-state index < -0.39 is 21.7 Å². The monoisotopic (exact) mass is 404 g/mol. The van der Waals surface area contributed by atoms with E-state index in [9.17, 15) is 17.6 Å². The number of hydrogen-bond donors (Lipinski definition) is 0. The highest BCUT2D eigenvalue weighted by Crippen LogP contribution is 2.41. The highest BCUT2D eigenvalue weighted by Gasteiger charge is 2.49. The lowest BCUT2D eigenvalue weighted by atomic mass is 10.1. The maximum absolute atomic E-state index is 14.4. The molecule has 2 aliphatic heterocycles. The first-order chi connectivity index (χ1) is 12.9. The summed E-state index contributed by atoms with van der Waals surface area (Å²) in [5, 5.41) is 0.115. The molecule has 2 aliphatic rings. The summed E-state index contributed by atoms with van der Waals surface area (Å²) < 4.78 is 38.5. The third-order valence-electron chi connectivity index (χ3n) is 4.60. The van der Waals surface area contributed by atoms with Crippen LogP contribution in [-0.4, -0.2) is 42.3 Å². The number of amidine groups is 1. The number of rotatable bonds is 3. The Morgan fingerprint density at radius 2 is 1.81 bits per heavy atom. The van der Waals surface area contributed by atoms with Gasteiger partial charge in [0, 0.05) is 5.25 Å². The first-order valence-electron chi connectivity index (χ1n) is 8.49. The van der Waals surface area contributed by atoms with Crippen molar-refractivity contribution in [3.05, 3.63) is 66.0 Å². The van der Waals surface area contributed by atoms with Crippen LogP contribution in [0.15, 0.2) is 59.6 Å². The molecule has 0 unspecified atom stereocenters. The minimum Gasteiger partial charge on any atom is -0.313 e. The van der Waals surface area contributed by atoms with Crippen LogP contribution in [0.2, 0.25) is 0 Å².